The van der Waals surface area contributed by atoms with E-state index in [-0.39, 0.29) is 11.4 Å². The van der Waals surface area contributed by atoms with Gasteiger partial charge < -0.3 is 20.1 Å². The number of carbonyl (C=O) groups is 1. The van der Waals surface area contributed by atoms with Crippen molar-refractivity contribution in [2.24, 2.45) is 0 Å². The molecule has 2 rings (SSSR count). The molecule has 0 atom stereocenters. The third-order valence-electron chi connectivity index (χ3n) is 4.44. The average Bonchev–Trinajstić information content (AvgIpc) is 2.66. The van der Waals surface area contributed by atoms with Crippen LogP contribution in [-0.2, 0) is 11.8 Å². The second-order valence-corrected chi connectivity index (χ2v) is 7.38. The van der Waals surface area contributed by atoms with E-state index in [4.69, 9.17) is 21.1 Å². The van der Waals surface area contributed by atoms with Crippen LogP contribution in [-0.4, -0.2) is 33.3 Å². The summed E-state index contributed by atoms with van der Waals surface area (Å²) >= 11 is 5.97. The van der Waals surface area contributed by atoms with Crippen LogP contribution in [0.3, 0.4) is 0 Å². The van der Waals surface area contributed by atoms with E-state index in [2.05, 4.69) is 24.5 Å². The smallest absolute Gasteiger partial charge is 0.314 e. The Morgan fingerprint density at radius 3 is 2.44 bits per heavy atom. The van der Waals surface area contributed by atoms with Crippen LogP contribution in [0.4, 0.5) is 4.79 Å². The molecule has 0 heterocycles. The number of rotatable bonds is 8. The first-order valence-electron chi connectivity index (χ1n) is 8.84. The Hall–Kier alpha value is -2.40. The van der Waals surface area contributed by atoms with Crippen LogP contribution in [0, 0.1) is 0 Å². The van der Waals surface area contributed by atoms with Gasteiger partial charge >= 0.3 is 6.03 Å². The maximum absolute atomic E-state index is 12.1. The van der Waals surface area contributed by atoms with E-state index >= 15 is 0 Å². The van der Waals surface area contributed by atoms with E-state index in [9.17, 15) is 4.79 Å². The number of hydrogen-bond acceptors (Lipinski definition) is 3. The monoisotopic (exact) mass is 390 g/mol. The first-order chi connectivity index (χ1) is 12.9. The van der Waals surface area contributed by atoms with E-state index in [1.54, 1.807) is 14.2 Å². The van der Waals surface area contributed by atoms with Crippen molar-refractivity contribution in [2.45, 2.75) is 25.7 Å². The first-order valence-corrected chi connectivity index (χ1v) is 9.22. The predicted octanol–water partition coefficient (Wildman–Crippen LogP) is 4.18. The van der Waals surface area contributed by atoms with Crippen molar-refractivity contribution >= 4 is 17.6 Å². The lowest BCUT2D eigenvalue weighted by molar-refractivity contribution is 0.238. The summed E-state index contributed by atoms with van der Waals surface area (Å²) in [6, 6.07) is 13.3. The highest BCUT2D eigenvalue weighted by Crippen LogP contribution is 2.32. The fraction of sp³-hybridized carbons (Fsp3) is 0.381. The Balaban J connectivity index is 1.86. The van der Waals surface area contributed by atoms with Crippen molar-refractivity contribution in [3.8, 4) is 11.5 Å². The highest BCUT2D eigenvalue weighted by molar-refractivity contribution is 6.30. The summed E-state index contributed by atoms with van der Waals surface area (Å²) < 4.78 is 10.6. The fourth-order valence-electron chi connectivity index (χ4n) is 2.74. The number of nitrogens with one attached hydrogen (secondary N) is 2. The Labute approximate surface area is 166 Å². The molecule has 0 radical (unpaired) electrons. The van der Waals surface area contributed by atoms with Gasteiger partial charge in [0.25, 0.3) is 0 Å². The van der Waals surface area contributed by atoms with Crippen LogP contribution in [0.15, 0.2) is 42.5 Å². The lowest BCUT2D eigenvalue weighted by atomic mass is 9.84. The van der Waals surface area contributed by atoms with Crippen molar-refractivity contribution in [1.82, 2.24) is 10.6 Å². The van der Waals surface area contributed by atoms with E-state index in [1.165, 1.54) is 0 Å². The molecule has 0 aromatic heterocycles. The number of hydrogen-bond donors (Lipinski definition) is 2. The molecule has 0 bridgehead atoms. The zero-order chi connectivity index (χ0) is 19.9. The van der Waals surface area contributed by atoms with Crippen molar-refractivity contribution < 1.29 is 14.3 Å². The van der Waals surface area contributed by atoms with Gasteiger partial charge in [-0.25, -0.2) is 4.79 Å². The van der Waals surface area contributed by atoms with Gasteiger partial charge in [-0.05, 0) is 41.8 Å². The molecular formula is C21H27ClN2O3. The summed E-state index contributed by atoms with van der Waals surface area (Å²) in [6.07, 6.45) is 0.729. The molecule has 0 fully saturated rings. The summed E-state index contributed by atoms with van der Waals surface area (Å²) in [5, 5.41) is 6.52. The molecule has 2 aromatic rings. The van der Waals surface area contributed by atoms with Gasteiger partial charge in [0.15, 0.2) is 11.5 Å². The Bertz CT molecular complexity index is 778. The van der Waals surface area contributed by atoms with Crippen molar-refractivity contribution in [1.29, 1.82) is 0 Å². The average molecular weight is 391 g/mol. The van der Waals surface area contributed by atoms with Gasteiger partial charge in [-0.3, -0.25) is 0 Å². The minimum atomic E-state index is -0.260. The number of halogens is 1. The second kappa shape index (κ2) is 9.51. The number of benzene rings is 2. The maximum atomic E-state index is 12.1. The highest BCUT2D eigenvalue weighted by Gasteiger charge is 2.23. The molecule has 146 valence electrons. The molecule has 27 heavy (non-hydrogen) atoms. The third kappa shape index (κ3) is 6.07. The van der Waals surface area contributed by atoms with Gasteiger partial charge in [-0.15, -0.1) is 0 Å². The van der Waals surface area contributed by atoms with Crippen molar-refractivity contribution in [3.05, 3.63) is 58.6 Å². The van der Waals surface area contributed by atoms with Gasteiger partial charge in [0.2, 0.25) is 0 Å². The Morgan fingerprint density at radius 1 is 1.04 bits per heavy atom. The SMILES string of the molecule is COc1ccc(C(C)(C)CNC(=O)NCCc2cccc(Cl)c2)cc1OC. The number of amides is 2. The molecule has 0 aliphatic carbocycles. The minimum Gasteiger partial charge on any atom is -0.493 e. The number of carbonyl (C=O) groups excluding carboxylic acids is 1. The van der Waals surface area contributed by atoms with Gasteiger partial charge in [-0.2, -0.15) is 0 Å². The Kier molecular flexibility index (Phi) is 7.36. The topological polar surface area (TPSA) is 59.6 Å². The normalized spacial score (nSPS) is 11.0. The van der Waals surface area contributed by atoms with Crippen molar-refractivity contribution in [2.75, 3.05) is 27.3 Å². The molecule has 2 N–H and O–H groups in total. The van der Waals surface area contributed by atoms with Crippen LogP contribution in [0.2, 0.25) is 5.02 Å². The number of methoxy groups -OCH3 is 2. The molecule has 6 heteroatoms. The predicted molar refractivity (Wildman–Crippen MR) is 109 cm³/mol. The van der Waals surface area contributed by atoms with Crippen LogP contribution >= 0.6 is 11.6 Å². The lowest BCUT2D eigenvalue weighted by Crippen LogP contribution is -2.42. The standard InChI is InChI=1S/C21H27ClN2O3/c1-21(2,16-8-9-18(26-3)19(13-16)27-4)14-24-20(25)23-11-10-15-6-5-7-17(22)12-15/h5-9,12-13H,10-11,14H2,1-4H3,(H2,23,24,25). The molecule has 5 nitrogen and oxygen atoms in total. The molecule has 0 saturated carbocycles. The number of urea groups is 1. The summed E-state index contributed by atoms with van der Waals surface area (Å²) in [7, 11) is 3.22. The first kappa shape index (κ1) is 20.9. The third-order valence-corrected chi connectivity index (χ3v) is 4.68. The van der Waals surface area contributed by atoms with Gasteiger partial charge in [-0.1, -0.05) is 43.6 Å². The molecule has 0 unspecified atom stereocenters. The molecule has 0 aliphatic rings. The van der Waals surface area contributed by atoms with Gasteiger partial charge in [0.1, 0.15) is 0 Å². The Morgan fingerprint density at radius 2 is 1.78 bits per heavy atom. The van der Waals surface area contributed by atoms with Crippen LogP contribution < -0.4 is 20.1 Å². The molecule has 0 saturated heterocycles. The van der Waals surface area contributed by atoms with Crippen LogP contribution in [0.5, 0.6) is 11.5 Å². The summed E-state index contributed by atoms with van der Waals surface area (Å²) in [4.78, 5) is 12.1. The van der Waals surface area contributed by atoms with E-state index in [0.717, 1.165) is 17.5 Å². The fourth-order valence-corrected chi connectivity index (χ4v) is 2.95. The molecule has 0 aliphatic heterocycles. The molecule has 2 aromatic carbocycles. The lowest BCUT2D eigenvalue weighted by Gasteiger charge is -2.26. The summed E-state index contributed by atoms with van der Waals surface area (Å²) in [5.74, 6) is 1.36. The van der Waals surface area contributed by atoms with Crippen LogP contribution in [0.25, 0.3) is 0 Å². The zero-order valence-electron chi connectivity index (χ0n) is 16.3. The summed E-state index contributed by atoms with van der Waals surface area (Å²) in [5.41, 5.74) is 1.89. The largest absolute Gasteiger partial charge is 0.493 e. The summed E-state index contributed by atoms with van der Waals surface area (Å²) in [6.45, 7) is 5.18. The van der Waals surface area contributed by atoms with E-state index in [1.807, 2.05) is 42.5 Å². The van der Waals surface area contributed by atoms with Crippen molar-refractivity contribution in [3.63, 3.8) is 0 Å². The maximum Gasteiger partial charge on any atom is 0.314 e. The molecule has 0 spiro atoms. The molecule has 2 amide bonds. The van der Waals surface area contributed by atoms with E-state index in [0.29, 0.717) is 29.6 Å². The van der Waals surface area contributed by atoms with Crippen LogP contribution in [0.1, 0.15) is 25.0 Å². The minimum absolute atomic E-state index is 0.189. The van der Waals surface area contributed by atoms with E-state index < -0.39 is 0 Å². The highest BCUT2D eigenvalue weighted by atomic mass is 35.5. The molecular weight excluding hydrogens is 364 g/mol. The number of ether oxygens (including phenoxy) is 2. The quantitative estimate of drug-likeness (QED) is 0.710. The van der Waals surface area contributed by atoms with Gasteiger partial charge in [0.05, 0.1) is 14.2 Å². The second-order valence-electron chi connectivity index (χ2n) is 6.94. The zero-order valence-corrected chi connectivity index (χ0v) is 17.0. The van der Waals surface area contributed by atoms with Gasteiger partial charge in [0, 0.05) is 23.5 Å².